The average Bonchev–Trinajstić information content (AvgIpc) is 3.39. The Labute approximate surface area is 193 Å². The molecule has 0 spiro atoms. The van der Waals surface area contributed by atoms with Crippen molar-refractivity contribution in [2.75, 3.05) is 26.2 Å². The summed E-state index contributed by atoms with van der Waals surface area (Å²) in [4.78, 5) is 26.0. The molecule has 9 nitrogen and oxygen atoms in total. The van der Waals surface area contributed by atoms with Gasteiger partial charge in [-0.25, -0.2) is 8.42 Å². The number of piperidine rings is 1. The van der Waals surface area contributed by atoms with Crippen LogP contribution in [-0.2, 0) is 14.8 Å². The van der Waals surface area contributed by atoms with E-state index >= 15 is 0 Å². The van der Waals surface area contributed by atoms with Crippen molar-refractivity contribution in [3.63, 3.8) is 0 Å². The lowest BCUT2D eigenvalue weighted by Crippen LogP contribution is -2.40. The number of benzene rings is 2. The number of hydrogen-bond acceptors (Lipinski definition) is 6. The number of hydrogen-bond donors (Lipinski definition) is 0. The molecule has 1 amide bonds. The number of nitrogens with zero attached hydrogens (tertiary/aromatic N) is 3. The van der Waals surface area contributed by atoms with Gasteiger partial charge < -0.3 is 9.64 Å². The Morgan fingerprint density at radius 3 is 2.21 bits per heavy atom. The SMILES string of the molecule is O=C(C(Oc1ccc(S(=O)(=O)N2CCCC2)cc1[N+](=O)[O-])c1ccccc1)N1CCCCC1. The number of nitro groups is 1. The molecule has 2 heterocycles. The third-order valence-corrected chi connectivity index (χ3v) is 7.96. The van der Waals surface area contributed by atoms with E-state index in [2.05, 4.69) is 0 Å². The summed E-state index contributed by atoms with van der Waals surface area (Å²) in [6, 6.07) is 12.5. The minimum absolute atomic E-state index is 0.139. The molecule has 4 rings (SSSR count). The van der Waals surface area contributed by atoms with Crippen molar-refractivity contribution in [2.45, 2.75) is 43.1 Å². The van der Waals surface area contributed by atoms with Gasteiger partial charge in [0.25, 0.3) is 5.91 Å². The van der Waals surface area contributed by atoms with Crippen LogP contribution >= 0.6 is 0 Å². The highest BCUT2D eigenvalue weighted by Gasteiger charge is 2.33. The van der Waals surface area contributed by atoms with Crippen LogP contribution in [0.2, 0.25) is 0 Å². The van der Waals surface area contributed by atoms with E-state index in [4.69, 9.17) is 4.74 Å². The van der Waals surface area contributed by atoms with Gasteiger partial charge in [-0.2, -0.15) is 4.31 Å². The minimum Gasteiger partial charge on any atom is -0.469 e. The fourth-order valence-electron chi connectivity index (χ4n) is 4.27. The van der Waals surface area contributed by atoms with Crippen molar-refractivity contribution in [3.05, 3.63) is 64.2 Å². The van der Waals surface area contributed by atoms with Crippen molar-refractivity contribution in [3.8, 4) is 5.75 Å². The fourth-order valence-corrected chi connectivity index (χ4v) is 5.81. The number of nitro benzene ring substituents is 1. The standard InChI is InChI=1S/C23H27N3O6S/c27-23(24-13-5-2-6-14-24)22(18-9-3-1-4-10-18)32-21-12-11-19(17-20(21)26(28)29)33(30,31)25-15-7-8-16-25/h1,3-4,9-12,17,22H,2,5-8,13-16H2. The molecule has 2 fully saturated rings. The van der Waals surface area contributed by atoms with Gasteiger partial charge in [-0.3, -0.25) is 14.9 Å². The van der Waals surface area contributed by atoms with Crippen LogP contribution in [0.15, 0.2) is 53.4 Å². The maximum atomic E-state index is 13.3. The first-order chi connectivity index (χ1) is 15.9. The molecule has 0 aromatic heterocycles. The number of carbonyl (C=O) groups is 1. The van der Waals surface area contributed by atoms with Crippen LogP contribution in [0.5, 0.6) is 5.75 Å². The van der Waals surface area contributed by atoms with Gasteiger partial charge in [0.15, 0.2) is 5.75 Å². The lowest BCUT2D eigenvalue weighted by Gasteiger charge is -2.30. The molecule has 0 bridgehead atoms. The second-order valence-corrected chi connectivity index (χ2v) is 10.2. The van der Waals surface area contributed by atoms with Gasteiger partial charge in [0.2, 0.25) is 16.1 Å². The minimum atomic E-state index is -3.83. The first kappa shape index (κ1) is 23.2. The van der Waals surface area contributed by atoms with E-state index < -0.39 is 26.7 Å². The van der Waals surface area contributed by atoms with Crippen LogP contribution in [0.1, 0.15) is 43.8 Å². The molecule has 0 radical (unpaired) electrons. The van der Waals surface area contributed by atoms with Crippen LogP contribution in [0.4, 0.5) is 5.69 Å². The first-order valence-electron chi connectivity index (χ1n) is 11.2. The highest BCUT2D eigenvalue weighted by Crippen LogP contribution is 2.35. The quantitative estimate of drug-likeness (QED) is 0.450. The average molecular weight is 474 g/mol. The van der Waals surface area contributed by atoms with E-state index in [0.717, 1.165) is 38.2 Å². The number of rotatable bonds is 7. The van der Waals surface area contributed by atoms with Crippen molar-refractivity contribution < 1.29 is 22.9 Å². The zero-order chi connectivity index (χ0) is 23.4. The van der Waals surface area contributed by atoms with Gasteiger partial charge in [0.1, 0.15) is 0 Å². The van der Waals surface area contributed by atoms with Gasteiger partial charge in [-0.05, 0) is 44.2 Å². The van der Waals surface area contributed by atoms with Crippen LogP contribution < -0.4 is 4.74 Å². The molecule has 1 atom stereocenters. The van der Waals surface area contributed by atoms with Crippen molar-refractivity contribution in [2.24, 2.45) is 0 Å². The van der Waals surface area contributed by atoms with E-state index in [-0.39, 0.29) is 16.6 Å². The molecule has 33 heavy (non-hydrogen) atoms. The second kappa shape index (κ2) is 9.88. The van der Waals surface area contributed by atoms with Crippen molar-refractivity contribution in [1.29, 1.82) is 0 Å². The van der Waals surface area contributed by atoms with Crippen molar-refractivity contribution in [1.82, 2.24) is 9.21 Å². The predicted octanol–water partition coefficient (Wildman–Crippen LogP) is 3.51. The van der Waals surface area contributed by atoms with Gasteiger partial charge >= 0.3 is 5.69 Å². The van der Waals surface area contributed by atoms with E-state index in [1.54, 1.807) is 29.2 Å². The molecule has 2 aromatic carbocycles. The number of sulfonamides is 1. The largest absolute Gasteiger partial charge is 0.469 e. The van der Waals surface area contributed by atoms with Crippen LogP contribution in [0.3, 0.4) is 0 Å². The molecule has 176 valence electrons. The molecular weight excluding hydrogens is 446 g/mol. The topological polar surface area (TPSA) is 110 Å². The lowest BCUT2D eigenvalue weighted by atomic mass is 10.1. The predicted molar refractivity (Wildman–Crippen MR) is 121 cm³/mol. The second-order valence-electron chi connectivity index (χ2n) is 8.29. The summed E-state index contributed by atoms with van der Waals surface area (Å²) in [7, 11) is -3.83. The zero-order valence-electron chi connectivity index (χ0n) is 18.3. The van der Waals surface area contributed by atoms with E-state index in [1.165, 1.54) is 16.4 Å². The normalized spacial score (nSPS) is 18.1. The van der Waals surface area contributed by atoms with Gasteiger partial charge in [0, 0.05) is 37.8 Å². The number of ether oxygens (including phenoxy) is 1. The van der Waals surface area contributed by atoms with Gasteiger partial charge in [-0.1, -0.05) is 30.3 Å². The molecule has 0 N–H and O–H groups in total. The Hall–Kier alpha value is -2.98. The highest BCUT2D eigenvalue weighted by molar-refractivity contribution is 7.89. The maximum Gasteiger partial charge on any atom is 0.312 e. The maximum absolute atomic E-state index is 13.3. The molecule has 2 aromatic rings. The molecule has 10 heteroatoms. The summed E-state index contributed by atoms with van der Waals surface area (Å²) in [5.41, 5.74) is 0.0961. The van der Waals surface area contributed by atoms with Crippen LogP contribution in [0, 0.1) is 10.1 Å². The van der Waals surface area contributed by atoms with Gasteiger partial charge in [-0.15, -0.1) is 0 Å². The Morgan fingerprint density at radius 2 is 1.58 bits per heavy atom. The smallest absolute Gasteiger partial charge is 0.312 e. The zero-order valence-corrected chi connectivity index (χ0v) is 19.1. The summed E-state index contributed by atoms with van der Waals surface area (Å²) < 4.78 is 33.1. The Bertz CT molecular complexity index is 1110. The highest BCUT2D eigenvalue weighted by atomic mass is 32.2. The molecular formula is C23H27N3O6S. The summed E-state index contributed by atoms with van der Waals surface area (Å²) in [5.74, 6) is -0.399. The monoisotopic (exact) mass is 473 g/mol. The third kappa shape index (κ3) is 5.01. The Kier molecular flexibility index (Phi) is 6.94. The van der Waals surface area contributed by atoms with E-state index in [9.17, 15) is 23.3 Å². The lowest BCUT2D eigenvalue weighted by molar-refractivity contribution is -0.386. The van der Waals surface area contributed by atoms with Gasteiger partial charge in [0.05, 0.1) is 9.82 Å². The summed E-state index contributed by atoms with van der Waals surface area (Å²) in [6.07, 6.45) is 3.31. The molecule has 0 saturated carbocycles. The first-order valence-corrected chi connectivity index (χ1v) is 12.6. The molecule has 2 aliphatic rings. The third-order valence-electron chi connectivity index (χ3n) is 6.07. The van der Waals surface area contributed by atoms with E-state index in [0.29, 0.717) is 31.7 Å². The summed E-state index contributed by atoms with van der Waals surface area (Å²) in [5, 5.41) is 11.8. The fraction of sp³-hybridized carbons (Fsp3) is 0.435. The van der Waals surface area contributed by atoms with Crippen LogP contribution in [0.25, 0.3) is 0 Å². The van der Waals surface area contributed by atoms with Crippen LogP contribution in [-0.4, -0.2) is 54.6 Å². The van der Waals surface area contributed by atoms with Crippen molar-refractivity contribution >= 4 is 21.6 Å². The molecule has 2 saturated heterocycles. The Balaban J connectivity index is 1.68. The summed E-state index contributed by atoms with van der Waals surface area (Å²) >= 11 is 0. The number of carbonyl (C=O) groups excluding carboxylic acids is 1. The van der Waals surface area contributed by atoms with E-state index in [1.807, 2.05) is 6.07 Å². The molecule has 0 aliphatic carbocycles. The molecule has 2 aliphatic heterocycles. The number of amides is 1. The Morgan fingerprint density at radius 1 is 0.939 bits per heavy atom. The summed E-state index contributed by atoms with van der Waals surface area (Å²) in [6.45, 7) is 2.02. The number of likely N-dealkylation sites (tertiary alicyclic amines) is 1. The molecule has 1 unspecified atom stereocenters.